The molecule has 0 fully saturated rings. The van der Waals surface area contributed by atoms with Crippen LogP contribution >= 0.6 is 0 Å². The third-order valence-corrected chi connectivity index (χ3v) is 4.15. The molecule has 0 heterocycles. The molecule has 0 bridgehead atoms. The molecule has 0 aliphatic carbocycles. The van der Waals surface area contributed by atoms with Crippen LogP contribution in [0.1, 0.15) is 19.4 Å². The van der Waals surface area contributed by atoms with Crippen LogP contribution in [0.25, 0.3) is 0 Å². The second-order valence-corrected chi connectivity index (χ2v) is 6.53. The first kappa shape index (κ1) is 16.7. The molecule has 0 aromatic heterocycles. The lowest BCUT2D eigenvalue weighted by Gasteiger charge is -2.25. The molecule has 0 saturated heterocycles. The van der Waals surface area contributed by atoms with Gasteiger partial charge in [0.2, 0.25) is 10.0 Å². The number of hydrogen-bond acceptors (Lipinski definition) is 4. The fourth-order valence-corrected chi connectivity index (χ4v) is 3.31. The van der Waals surface area contributed by atoms with E-state index in [4.69, 9.17) is 9.84 Å². The Balaban J connectivity index is 3.16. The summed E-state index contributed by atoms with van der Waals surface area (Å²) in [7, 11) is -2.20. The standard InChI is InChI=1S/C14H19NO4S/c1-14(2,11-19-3)15-20(17,18)13-9-5-4-7-12(13)8-6-10-16/h4-5,7,9,15-16H,10-11H2,1-3H3. The summed E-state index contributed by atoms with van der Waals surface area (Å²) >= 11 is 0. The third-order valence-electron chi connectivity index (χ3n) is 2.39. The summed E-state index contributed by atoms with van der Waals surface area (Å²) in [4.78, 5) is 0.0881. The van der Waals surface area contributed by atoms with Gasteiger partial charge in [-0.25, -0.2) is 13.1 Å². The molecule has 0 atom stereocenters. The Bertz CT molecular complexity index is 612. The average molecular weight is 297 g/mol. The number of aliphatic hydroxyl groups excluding tert-OH is 1. The highest BCUT2D eigenvalue weighted by Crippen LogP contribution is 2.17. The van der Waals surface area contributed by atoms with E-state index in [0.29, 0.717) is 5.56 Å². The van der Waals surface area contributed by atoms with Gasteiger partial charge in [-0.3, -0.25) is 0 Å². The molecule has 0 aliphatic rings. The SMILES string of the molecule is COCC(C)(C)NS(=O)(=O)c1ccccc1C#CCO. The van der Waals surface area contributed by atoms with Crippen LogP contribution in [0.3, 0.4) is 0 Å². The fraction of sp³-hybridized carbons (Fsp3) is 0.429. The van der Waals surface area contributed by atoms with Crippen molar-refractivity contribution in [3.63, 3.8) is 0 Å². The minimum Gasteiger partial charge on any atom is -0.384 e. The van der Waals surface area contributed by atoms with Crippen LogP contribution in [0.5, 0.6) is 0 Å². The van der Waals surface area contributed by atoms with E-state index in [9.17, 15) is 8.42 Å². The number of nitrogens with one attached hydrogen (secondary N) is 1. The Labute approximate surface area is 120 Å². The number of ether oxygens (including phenoxy) is 1. The largest absolute Gasteiger partial charge is 0.384 e. The van der Waals surface area contributed by atoms with E-state index >= 15 is 0 Å². The van der Waals surface area contributed by atoms with Gasteiger partial charge in [0, 0.05) is 12.7 Å². The summed E-state index contributed by atoms with van der Waals surface area (Å²) in [5, 5.41) is 8.72. The Morgan fingerprint density at radius 2 is 2.00 bits per heavy atom. The average Bonchev–Trinajstić information content (AvgIpc) is 2.35. The van der Waals surface area contributed by atoms with E-state index in [-0.39, 0.29) is 18.1 Å². The van der Waals surface area contributed by atoms with Crippen LogP contribution in [0.4, 0.5) is 0 Å². The first-order valence-corrected chi connectivity index (χ1v) is 7.52. The van der Waals surface area contributed by atoms with E-state index in [1.54, 1.807) is 32.0 Å². The summed E-state index contributed by atoms with van der Waals surface area (Å²) in [5.74, 6) is 5.09. The minimum atomic E-state index is -3.72. The maximum absolute atomic E-state index is 12.4. The second-order valence-electron chi connectivity index (χ2n) is 4.88. The second kappa shape index (κ2) is 6.86. The monoisotopic (exact) mass is 297 g/mol. The lowest BCUT2D eigenvalue weighted by Crippen LogP contribution is -2.46. The summed E-state index contributed by atoms with van der Waals surface area (Å²) < 4.78 is 32.4. The van der Waals surface area contributed by atoms with E-state index in [2.05, 4.69) is 16.6 Å². The van der Waals surface area contributed by atoms with Crippen LogP contribution in [-0.2, 0) is 14.8 Å². The van der Waals surface area contributed by atoms with Crippen molar-refractivity contribution in [2.75, 3.05) is 20.3 Å². The van der Waals surface area contributed by atoms with Gasteiger partial charge in [-0.2, -0.15) is 0 Å². The molecular formula is C14H19NO4S. The van der Waals surface area contributed by atoms with Gasteiger partial charge in [0.25, 0.3) is 0 Å². The van der Waals surface area contributed by atoms with E-state index in [1.165, 1.54) is 13.2 Å². The van der Waals surface area contributed by atoms with Gasteiger partial charge in [0.05, 0.1) is 17.0 Å². The zero-order chi connectivity index (χ0) is 15.2. The quantitative estimate of drug-likeness (QED) is 0.786. The van der Waals surface area contributed by atoms with E-state index < -0.39 is 15.6 Å². The predicted molar refractivity (Wildman–Crippen MR) is 76.7 cm³/mol. The molecule has 1 aromatic rings. The number of rotatable bonds is 5. The topological polar surface area (TPSA) is 75.6 Å². The van der Waals surface area contributed by atoms with Gasteiger partial charge >= 0.3 is 0 Å². The normalized spacial score (nSPS) is 11.8. The molecule has 6 heteroatoms. The Morgan fingerprint density at radius 3 is 2.60 bits per heavy atom. The summed E-state index contributed by atoms with van der Waals surface area (Å²) in [6.07, 6.45) is 0. The van der Waals surface area contributed by atoms with Crippen molar-refractivity contribution in [3.05, 3.63) is 29.8 Å². The van der Waals surface area contributed by atoms with Gasteiger partial charge in [0.1, 0.15) is 6.61 Å². The Hall–Kier alpha value is -1.39. The summed E-state index contributed by atoms with van der Waals surface area (Å²) in [5.41, 5.74) is -0.382. The van der Waals surface area contributed by atoms with Crippen molar-refractivity contribution < 1.29 is 18.3 Å². The van der Waals surface area contributed by atoms with E-state index in [1.807, 2.05) is 0 Å². The molecule has 0 radical (unpaired) electrons. The fourth-order valence-electron chi connectivity index (χ4n) is 1.75. The highest BCUT2D eigenvalue weighted by Gasteiger charge is 2.27. The number of hydrogen-bond donors (Lipinski definition) is 2. The maximum atomic E-state index is 12.4. The van der Waals surface area contributed by atoms with Crippen LogP contribution in [0.15, 0.2) is 29.2 Å². The molecule has 1 rings (SSSR count). The van der Waals surface area contributed by atoms with E-state index in [0.717, 1.165) is 0 Å². The Morgan fingerprint density at radius 1 is 1.35 bits per heavy atom. The molecule has 110 valence electrons. The van der Waals surface area contributed by atoms with Crippen LogP contribution < -0.4 is 4.72 Å². The Kier molecular flexibility index (Phi) is 5.72. The van der Waals surface area contributed by atoms with Crippen LogP contribution in [0.2, 0.25) is 0 Å². The van der Waals surface area contributed by atoms with Crippen molar-refractivity contribution in [1.82, 2.24) is 4.72 Å². The highest BCUT2D eigenvalue weighted by atomic mass is 32.2. The number of benzene rings is 1. The van der Waals surface area contributed by atoms with Crippen molar-refractivity contribution in [1.29, 1.82) is 0 Å². The minimum absolute atomic E-state index is 0.0881. The van der Waals surface area contributed by atoms with Crippen LogP contribution in [-0.4, -0.2) is 39.4 Å². The molecule has 0 amide bonds. The highest BCUT2D eigenvalue weighted by molar-refractivity contribution is 7.89. The smallest absolute Gasteiger partial charge is 0.242 e. The first-order chi connectivity index (χ1) is 9.32. The molecule has 2 N–H and O–H groups in total. The molecule has 0 spiro atoms. The number of aliphatic hydroxyl groups is 1. The summed E-state index contributed by atoms with van der Waals surface area (Å²) in [6.45, 7) is 3.39. The van der Waals surface area contributed by atoms with Crippen molar-refractivity contribution in [2.45, 2.75) is 24.3 Å². The van der Waals surface area contributed by atoms with Crippen molar-refractivity contribution in [2.24, 2.45) is 0 Å². The zero-order valence-corrected chi connectivity index (χ0v) is 12.6. The molecule has 0 saturated carbocycles. The van der Waals surface area contributed by atoms with Crippen LogP contribution in [0, 0.1) is 11.8 Å². The van der Waals surface area contributed by atoms with Gasteiger partial charge in [0.15, 0.2) is 0 Å². The molecular weight excluding hydrogens is 278 g/mol. The predicted octanol–water partition coefficient (Wildman–Crippen LogP) is 0.734. The lowest BCUT2D eigenvalue weighted by molar-refractivity contribution is 0.141. The molecule has 0 aliphatic heterocycles. The molecule has 5 nitrogen and oxygen atoms in total. The lowest BCUT2D eigenvalue weighted by atomic mass is 10.1. The maximum Gasteiger partial charge on any atom is 0.242 e. The third kappa shape index (κ3) is 4.62. The van der Waals surface area contributed by atoms with Gasteiger partial charge in [-0.05, 0) is 26.0 Å². The van der Waals surface area contributed by atoms with Gasteiger partial charge in [-0.1, -0.05) is 24.0 Å². The van der Waals surface area contributed by atoms with Crippen molar-refractivity contribution >= 4 is 10.0 Å². The molecule has 0 unspecified atom stereocenters. The first-order valence-electron chi connectivity index (χ1n) is 6.04. The summed E-state index contributed by atoms with van der Waals surface area (Å²) in [6, 6.07) is 6.40. The molecule has 1 aromatic carbocycles. The van der Waals surface area contributed by atoms with Gasteiger partial charge < -0.3 is 9.84 Å². The molecule has 20 heavy (non-hydrogen) atoms. The van der Waals surface area contributed by atoms with Crippen molar-refractivity contribution in [3.8, 4) is 11.8 Å². The number of sulfonamides is 1. The van der Waals surface area contributed by atoms with Gasteiger partial charge in [-0.15, -0.1) is 0 Å². The number of methoxy groups -OCH3 is 1. The zero-order valence-electron chi connectivity index (χ0n) is 11.8.